The first-order valence-corrected chi connectivity index (χ1v) is 10.5. The Labute approximate surface area is 183 Å². The Morgan fingerprint density at radius 3 is 1.61 bits per heavy atom. The molecule has 0 aliphatic rings. The molecule has 0 amide bonds. The van der Waals surface area contributed by atoms with E-state index in [1.807, 2.05) is 6.07 Å². The SMILES string of the molecule is C=C(c1ccccc1)c1c(-c2ccccc2)cc(-c2ccccc2)n1-c1ccccc1. The van der Waals surface area contributed by atoms with Gasteiger partial charge in [0.25, 0.3) is 0 Å². The Balaban J connectivity index is 1.86. The Kier molecular flexibility index (Phi) is 5.08. The molecule has 0 spiro atoms. The predicted molar refractivity (Wildman–Crippen MR) is 131 cm³/mol. The van der Waals surface area contributed by atoms with E-state index in [1.165, 1.54) is 16.7 Å². The normalized spacial score (nSPS) is 10.7. The summed E-state index contributed by atoms with van der Waals surface area (Å²) in [5.41, 5.74) is 9.05. The Hall–Kier alpha value is -4.10. The Morgan fingerprint density at radius 2 is 1.03 bits per heavy atom. The van der Waals surface area contributed by atoms with E-state index in [0.717, 1.165) is 28.2 Å². The van der Waals surface area contributed by atoms with E-state index in [1.54, 1.807) is 0 Å². The van der Waals surface area contributed by atoms with Gasteiger partial charge in [0, 0.05) is 11.3 Å². The molecule has 0 atom stereocenters. The number of nitrogens with zero attached hydrogens (tertiary/aromatic N) is 1. The zero-order valence-electron chi connectivity index (χ0n) is 17.3. The fourth-order valence-electron chi connectivity index (χ4n) is 4.09. The van der Waals surface area contributed by atoms with Crippen LogP contribution in [0.2, 0.25) is 0 Å². The van der Waals surface area contributed by atoms with Crippen molar-refractivity contribution in [2.75, 3.05) is 0 Å². The van der Waals surface area contributed by atoms with Gasteiger partial charge < -0.3 is 4.57 Å². The summed E-state index contributed by atoms with van der Waals surface area (Å²) in [7, 11) is 0. The summed E-state index contributed by atoms with van der Waals surface area (Å²) in [6.07, 6.45) is 0. The summed E-state index contributed by atoms with van der Waals surface area (Å²) in [6, 6.07) is 44.4. The summed E-state index contributed by atoms with van der Waals surface area (Å²) in [6.45, 7) is 4.55. The van der Waals surface area contributed by atoms with Crippen LogP contribution >= 0.6 is 0 Å². The van der Waals surface area contributed by atoms with Crippen molar-refractivity contribution in [3.63, 3.8) is 0 Å². The molecular weight excluding hydrogens is 374 g/mol. The van der Waals surface area contributed by atoms with Crippen LogP contribution in [0.4, 0.5) is 0 Å². The second kappa shape index (κ2) is 8.33. The van der Waals surface area contributed by atoms with E-state index in [-0.39, 0.29) is 0 Å². The number of para-hydroxylation sites is 1. The minimum atomic E-state index is 1.01. The molecule has 0 bridgehead atoms. The monoisotopic (exact) mass is 397 g/mol. The molecule has 0 unspecified atom stereocenters. The van der Waals surface area contributed by atoms with Crippen LogP contribution in [0.3, 0.4) is 0 Å². The van der Waals surface area contributed by atoms with Gasteiger partial charge in [0.05, 0.1) is 11.4 Å². The molecule has 5 aromatic rings. The van der Waals surface area contributed by atoms with Crippen molar-refractivity contribution in [3.8, 4) is 28.1 Å². The fraction of sp³-hybridized carbons (Fsp3) is 0. The third-order valence-electron chi connectivity index (χ3n) is 5.58. The predicted octanol–water partition coefficient (Wildman–Crippen LogP) is 7.87. The van der Waals surface area contributed by atoms with E-state index in [2.05, 4.69) is 132 Å². The Morgan fingerprint density at radius 1 is 0.548 bits per heavy atom. The summed E-state index contributed by atoms with van der Waals surface area (Å²) >= 11 is 0. The molecule has 5 rings (SSSR count). The second-order valence-electron chi connectivity index (χ2n) is 7.54. The zero-order chi connectivity index (χ0) is 21.0. The van der Waals surface area contributed by atoms with Gasteiger partial charge >= 0.3 is 0 Å². The van der Waals surface area contributed by atoms with Crippen molar-refractivity contribution < 1.29 is 0 Å². The van der Waals surface area contributed by atoms with Crippen LogP contribution < -0.4 is 0 Å². The molecule has 1 aromatic heterocycles. The average Bonchev–Trinajstić information content (AvgIpc) is 3.26. The molecule has 1 nitrogen and oxygen atoms in total. The first-order chi connectivity index (χ1) is 15.3. The molecule has 0 aliphatic heterocycles. The van der Waals surface area contributed by atoms with Gasteiger partial charge in [-0.05, 0) is 40.5 Å². The fourth-order valence-corrected chi connectivity index (χ4v) is 4.09. The van der Waals surface area contributed by atoms with Crippen LogP contribution in [-0.2, 0) is 0 Å². The van der Waals surface area contributed by atoms with Crippen LogP contribution in [0.5, 0.6) is 0 Å². The first-order valence-electron chi connectivity index (χ1n) is 10.5. The highest BCUT2D eigenvalue weighted by atomic mass is 15.0. The quantitative estimate of drug-likeness (QED) is 0.284. The number of hydrogen-bond donors (Lipinski definition) is 0. The highest BCUT2D eigenvalue weighted by molar-refractivity contribution is 5.90. The van der Waals surface area contributed by atoms with Crippen LogP contribution in [-0.4, -0.2) is 4.57 Å². The van der Waals surface area contributed by atoms with Crippen molar-refractivity contribution in [1.29, 1.82) is 0 Å². The molecule has 148 valence electrons. The lowest BCUT2D eigenvalue weighted by atomic mass is 9.97. The number of hydrogen-bond acceptors (Lipinski definition) is 0. The second-order valence-corrected chi connectivity index (χ2v) is 7.54. The lowest BCUT2D eigenvalue weighted by Crippen LogP contribution is -2.03. The van der Waals surface area contributed by atoms with Crippen molar-refractivity contribution in [2.45, 2.75) is 0 Å². The van der Waals surface area contributed by atoms with Gasteiger partial charge in [0.2, 0.25) is 0 Å². The molecular formula is C30H23N. The van der Waals surface area contributed by atoms with Crippen LogP contribution in [0.1, 0.15) is 11.3 Å². The highest BCUT2D eigenvalue weighted by Gasteiger charge is 2.21. The van der Waals surface area contributed by atoms with Crippen LogP contribution in [0.25, 0.3) is 33.6 Å². The van der Waals surface area contributed by atoms with Crippen LogP contribution in [0, 0.1) is 0 Å². The third kappa shape index (κ3) is 3.62. The van der Waals surface area contributed by atoms with E-state index in [0.29, 0.717) is 0 Å². The van der Waals surface area contributed by atoms with E-state index in [9.17, 15) is 0 Å². The van der Waals surface area contributed by atoms with Gasteiger partial charge in [-0.25, -0.2) is 0 Å². The largest absolute Gasteiger partial charge is 0.309 e. The standard InChI is InChI=1S/C30H23N/c1-23(24-14-6-2-7-15-24)30-28(25-16-8-3-9-17-25)22-29(26-18-10-4-11-19-26)31(30)27-20-12-5-13-21-27/h2-22H,1H2. The maximum absolute atomic E-state index is 4.55. The highest BCUT2D eigenvalue weighted by Crippen LogP contribution is 2.40. The molecule has 0 radical (unpaired) electrons. The van der Waals surface area contributed by atoms with Crippen molar-refractivity contribution >= 4 is 5.57 Å². The lowest BCUT2D eigenvalue weighted by molar-refractivity contribution is 1.06. The molecule has 0 saturated carbocycles. The van der Waals surface area contributed by atoms with Gasteiger partial charge in [-0.3, -0.25) is 0 Å². The summed E-state index contributed by atoms with van der Waals surface area (Å²) in [4.78, 5) is 0. The van der Waals surface area contributed by atoms with Gasteiger partial charge in [-0.1, -0.05) is 116 Å². The van der Waals surface area contributed by atoms with Gasteiger partial charge in [0.15, 0.2) is 0 Å². The minimum Gasteiger partial charge on any atom is -0.309 e. The van der Waals surface area contributed by atoms with Crippen molar-refractivity contribution in [1.82, 2.24) is 4.57 Å². The summed E-state index contributed by atoms with van der Waals surface area (Å²) in [5.74, 6) is 0. The number of benzene rings is 4. The molecule has 0 saturated heterocycles. The van der Waals surface area contributed by atoms with Gasteiger partial charge in [0.1, 0.15) is 0 Å². The number of aromatic nitrogens is 1. The smallest absolute Gasteiger partial charge is 0.0613 e. The molecule has 0 fully saturated rings. The zero-order valence-corrected chi connectivity index (χ0v) is 17.3. The van der Waals surface area contributed by atoms with Crippen LogP contribution in [0.15, 0.2) is 134 Å². The molecule has 1 heteroatoms. The first kappa shape index (κ1) is 18.9. The maximum atomic E-state index is 4.55. The van der Waals surface area contributed by atoms with Gasteiger partial charge in [-0.15, -0.1) is 0 Å². The average molecular weight is 398 g/mol. The van der Waals surface area contributed by atoms with Crippen molar-refractivity contribution in [3.05, 3.63) is 145 Å². The molecule has 31 heavy (non-hydrogen) atoms. The van der Waals surface area contributed by atoms with E-state index in [4.69, 9.17) is 0 Å². The minimum absolute atomic E-state index is 1.01. The summed E-state index contributed by atoms with van der Waals surface area (Å²) < 4.78 is 2.34. The summed E-state index contributed by atoms with van der Waals surface area (Å²) in [5, 5.41) is 0. The maximum Gasteiger partial charge on any atom is 0.0613 e. The van der Waals surface area contributed by atoms with Gasteiger partial charge in [-0.2, -0.15) is 0 Å². The van der Waals surface area contributed by atoms with E-state index < -0.39 is 0 Å². The molecule has 0 aliphatic carbocycles. The molecule has 1 heterocycles. The van der Waals surface area contributed by atoms with Crippen molar-refractivity contribution in [2.24, 2.45) is 0 Å². The topological polar surface area (TPSA) is 4.93 Å². The molecule has 4 aromatic carbocycles. The van der Waals surface area contributed by atoms with E-state index >= 15 is 0 Å². The number of rotatable bonds is 5. The molecule has 0 N–H and O–H groups in total. The lowest BCUT2D eigenvalue weighted by Gasteiger charge is -2.17. The Bertz CT molecular complexity index is 1300. The third-order valence-corrected chi connectivity index (χ3v) is 5.58.